The number of amides is 1. The molecule has 0 bridgehead atoms. The van der Waals surface area contributed by atoms with Crippen LogP contribution in [0.1, 0.15) is 36.5 Å². The minimum atomic E-state index is 0.0432. The first kappa shape index (κ1) is 22.3. The van der Waals surface area contributed by atoms with Gasteiger partial charge in [0.1, 0.15) is 5.75 Å². The number of hydrogen-bond donors (Lipinski definition) is 3. The molecule has 0 aliphatic carbocycles. The molecule has 156 valence electrons. The zero-order valence-electron chi connectivity index (χ0n) is 17.8. The molecule has 3 N–H and O–H groups in total. The van der Waals surface area contributed by atoms with E-state index in [1.807, 2.05) is 37.3 Å². The maximum atomic E-state index is 11.8. The molecule has 0 aliphatic rings. The van der Waals surface area contributed by atoms with Crippen LogP contribution < -0.4 is 20.7 Å². The van der Waals surface area contributed by atoms with E-state index in [0.717, 1.165) is 42.3 Å². The van der Waals surface area contributed by atoms with Crippen molar-refractivity contribution < 1.29 is 9.53 Å². The van der Waals surface area contributed by atoms with Crippen LogP contribution >= 0.6 is 0 Å². The minimum absolute atomic E-state index is 0.0432. The van der Waals surface area contributed by atoms with Crippen LogP contribution in [0.15, 0.2) is 47.5 Å². The summed E-state index contributed by atoms with van der Waals surface area (Å²) in [5, 5.41) is 9.58. The summed E-state index contributed by atoms with van der Waals surface area (Å²) >= 11 is 0. The number of nitrogens with zero attached hydrogens (tertiary/aromatic N) is 1. The smallest absolute Gasteiger partial charge is 0.224 e. The lowest BCUT2D eigenvalue weighted by Gasteiger charge is -2.14. The monoisotopic (exact) mass is 396 g/mol. The highest BCUT2D eigenvalue weighted by Gasteiger charge is 2.05. The van der Waals surface area contributed by atoms with Gasteiger partial charge in [0.05, 0.1) is 7.11 Å². The zero-order valence-corrected chi connectivity index (χ0v) is 17.8. The van der Waals surface area contributed by atoms with Crippen LogP contribution in [0.5, 0.6) is 5.75 Å². The van der Waals surface area contributed by atoms with E-state index < -0.39 is 0 Å². The molecule has 0 spiro atoms. The first-order chi connectivity index (χ1) is 14.0. The van der Waals surface area contributed by atoms with Crippen molar-refractivity contribution in [3.05, 3.63) is 59.2 Å². The number of rotatable bonds is 9. The number of aliphatic imine (C=N–C) groups is 1. The molecule has 2 rings (SSSR count). The quantitative estimate of drug-likeness (QED) is 0.447. The van der Waals surface area contributed by atoms with Gasteiger partial charge in [0.2, 0.25) is 5.91 Å². The second kappa shape index (κ2) is 11.7. The molecule has 6 heteroatoms. The Morgan fingerprint density at radius 1 is 1.14 bits per heavy atom. The van der Waals surface area contributed by atoms with Gasteiger partial charge in [-0.25, -0.2) is 0 Å². The fourth-order valence-corrected chi connectivity index (χ4v) is 3.03. The summed E-state index contributed by atoms with van der Waals surface area (Å²) in [6, 6.07) is 14.0. The van der Waals surface area contributed by atoms with Crippen LogP contribution in [0.2, 0.25) is 0 Å². The number of nitrogens with one attached hydrogen (secondary N) is 3. The predicted octanol–water partition coefficient (Wildman–Crippen LogP) is 3.65. The molecule has 0 fully saturated rings. The van der Waals surface area contributed by atoms with Gasteiger partial charge in [0, 0.05) is 32.2 Å². The van der Waals surface area contributed by atoms with E-state index in [0.29, 0.717) is 13.0 Å². The average Bonchev–Trinajstić information content (AvgIpc) is 2.71. The molecule has 0 saturated carbocycles. The third-order valence-corrected chi connectivity index (χ3v) is 4.49. The first-order valence-corrected chi connectivity index (χ1v) is 10.0. The fraction of sp³-hybridized carbons (Fsp3) is 0.391. The van der Waals surface area contributed by atoms with Crippen molar-refractivity contribution in [3.63, 3.8) is 0 Å². The summed E-state index contributed by atoms with van der Waals surface area (Å²) in [7, 11) is 3.45. The third kappa shape index (κ3) is 7.49. The molecule has 29 heavy (non-hydrogen) atoms. The molecule has 0 atom stereocenters. The summed E-state index contributed by atoms with van der Waals surface area (Å²) in [5.41, 5.74) is 4.28. The maximum absolute atomic E-state index is 11.8. The summed E-state index contributed by atoms with van der Waals surface area (Å²) in [4.78, 5) is 16.1. The number of carbonyl (C=O) groups is 1. The molecular formula is C23H32N4O2. The fourth-order valence-electron chi connectivity index (χ4n) is 3.03. The molecule has 0 heterocycles. The first-order valence-electron chi connectivity index (χ1n) is 10.0. The number of hydrogen-bond acceptors (Lipinski definition) is 3. The Morgan fingerprint density at radius 2 is 1.97 bits per heavy atom. The van der Waals surface area contributed by atoms with Crippen molar-refractivity contribution in [1.29, 1.82) is 0 Å². The van der Waals surface area contributed by atoms with Crippen LogP contribution in [0.3, 0.4) is 0 Å². The third-order valence-electron chi connectivity index (χ3n) is 4.49. The van der Waals surface area contributed by atoms with E-state index in [2.05, 4.69) is 40.0 Å². The molecule has 0 aromatic heterocycles. The number of benzene rings is 2. The summed E-state index contributed by atoms with van der Waals surface area (Å²) in [5.74, 6) is 1.68. The standard InChI is InChI=1S/C23H32N4O2/c1-5-7-22(28)27-20-9-6-8-18(15-20)16-26-23(24-3)25-13-12-19-14-17(2)10-11-21(19)29-4/h6,8-11,14-15H,5,7,12-13,16H2,1-4H3,(H,27,28)(H2,24,25,26). The van der Waals surface area contributed by atoms with Gasteiger partial charge in [0.25, 0.3) is 0 Å². The average molecular weight is 397 g/mol. The van der Waals surface area contributed by atoms with Crippen molar-refractivity contribution in [1.82, 2.24) is 10.6 Å². The van der Waals surface area contributed by atoms with Crippen LogP contribution in [-0.2, 0) is 17.8 Å². The maximum Gasteiger partial charge on any atom is 0.224 e. The molecule has 0 radical (unpaired) electrons. The van der Waals surface area contributed by atoms with Gasteiger partial charge in [-0.2, -0.15) is 0 Å². The van der Waals surface area contributed by atoms with Crippen LogP contribution in [0, 0.1) is 6.92 Å². The molecule has 2 aromatic rings. The van der Waals surface area contributed by atoms with Gasteiger partial charge >= 0.3 is 0 Å². The van der Waals surface area contributed by atoms with Crippen molar-refractivity contribution in [2.75, 3.05) is 26.0 Å². The predicted molar refractivity (Wildman–Crippen MR) is 120 cm³/mol. The van der Waals surface area contributed by atoms with Crippen molar-refractivity contribution in [3.8, 4) is 5.75 Å². The van der Waals surface area contributed by atoms with Crippen LogP contribution in [0.4, 0.5) is 5.69 Å². The molecule has 2 aromatic carbocycles. The lowest BCUT2D eigenvalue weighted by Crippen LogP contribution is -2.37. The molecule has 6 nitrogen and oxygen atoms in total. The molecule has 1 amide bonds. The summed E-state index contributed by atoms with van der Waals surface area (Å²) in [6.45, 7) is 5.43. The normalized spacial score (nSPS) is 11.1. The van der Waals surface area contributed by atoms with Crippen molar-refractivity contribution >= 4 is 17.6 Å². The molecular weight excluding hydrogens is 364 g/mol. The number of guanidine groups is 1. The summed E-state index contributed by atoms with van der Waals surface area (Å²) in [6.07, 6.45) is 2.21. The largest absolute Gasteiger partial charge is 0.496 e. The Morgan fingerprint density at radius 3 is 2.69 bits per heavy atom. The van der Waals surface area contributed by atoms with E-state index in [1.165, 1.54) is 11.1 Å². The Kier molecular flexibility index (Phi) is 9.02. The highest BCUT2D eigenvalue weighted by molar-refractivity contribution is 5.90. The number of anilines is 1. The highest BCUT2D eigenvalue weighted by Crippen LogP contribution is 2.19. The van der Waals surface area contributed by atoms with E-state index in [9.17, 15) is 4.79 Å². The topological polar surface area (TPSA) is 74.8 Å². The number of aryl methyl sites for hydroxylation is 1. The Balaban J connectivity index is 1.85. The SMILES string of the molecule is CCCC(=O)Nc1cccc(CNC(=NC)NCCc2cc(C)ccc2OC)c1. The van der Waals surface area contributed by atoms with Crippen LogP contribution in [-0.4, -0.2) is 32.6 Å². The van der Waals surface area contributed by atoms with E-state index in [-0.39, 0.29) is 5.91 Å². The van der Waals surface area contributed by atoms with Gasteiger partial charge < -0.3 is 20.7 Å². The molecule has 0 unspecified atom stereocenters. The van der Waals surface area contributed by atoms with Crippen molar-refractivity contribution in [2.24, 2.45) is 4.99 Å². The number of methoxy groups -OCH3 is 1. The van der Waals surface area contributed by atoms with Crippen molar-refractivity contribution in [2.45, 2.75) is 39.7 Å². The summed E-state index contributed by atoms with van der Waals surface area (Å²) < 4.78 is 5.44. The second-order valence-electron chi connectivity index (χ2n) is 6.92. The minimum Gasteiger partial charge on any atom is -0.496 e. The lowest BCUT2D eigenvalue weighted by atomic mass is 10.1. The Labute approximate surface area is 173 Å². The Bertz CT molecular complexity index is 833. The van der Waals surface area contributed by atoms with Gasteiger partial charge in [0.15, 0.2) is 5.96 Å². The van der Waals surface area contributed by atoms with Gasteiger partial charge in [-0.1, -0.05) is 36.8 Å². The van der Waals surface area contributed by atoms with Gasteiger partial charge in [-0.3, -0.25) is 9.79 Å². The highest BCUT2D eigenvalue weighted by atomic mass is 16.5. The van der Waals surface area contributed by atoms with E-state index in [1.54, 1.807) is 14.2 Å². The second-order valence-corrected chi connectivity index (χ2v) is 6.92. The number of carbonyl (C=O) groups excluding carboxylic acids is 1. The zero-order chi connectivity index (χ0) is 21.1. The molecule has 0 saturated heterocycles. The van der Waals surface area contributed by atoms with E-state index >= 15 is 0 Å². The van der Waals surface area contributed by atoms with Crippen LogP contribution in [0.25, 0.3) is 0 Å². The number of ether oxygens (including phenoxy) is 1. The molecule has 0 aliphatic heterocycles. The van der Waals surface area contributed by atoms with Gasteiger partial charge in [-0.15, -0.1) is 0 Å². The lowest BCUT2D eigenvalue weighted by molar-refractivity contribution is -0.116. The van der Waals surface area contributed by atoms with E-state index in [4.69, 9.17) is 4.74 Å². The Hall–Kier alpha value is -3.02. The van der Waals surface area contributed by atoms with Gasteiger partial charge in [-0.05, 0) is 49.1 Å².